The van der Waals surface area contributed by atoms with Crippen LogP contribution in [0.4, 0.5) is 0 Å². The number of benzene rings is 2. The van der Waals surface area contributed by atoms with Crippen LogP contribution < -0.4 is 0 Å². The van der Waals surface area contributed by atoms with Gasteiger partial charge >= 0.3 is 0 Å². The maximum absolute atomic E-state index is 6.03. The minimum Gasteiger partial charge on any atom is -0.299 e. The second-order valence-corrected chi connectivity index (χ2v) is 7.89. The topological polar surface area (TPSA) is 3.24 Å². The van der Waals surface area contributed by atoms with Gasteiger partial charge in [0.1, 0.15) is 0 Å². The molecule has 0 saturated carbocycles. The Bertz CT molecular complexity index is 789. The standard InChI is InChI=1S/C24H26ClN/c25-24-11-9-21(10-12-24)23-8-4-5-19(17-23)18-26-15-13-22(14-16-26)20-6-2-1-3-7-20/h1-3,6-7,9-13,17,19H,4-5,8,14-16,18H2. The minimum absolute atomic E-state index is 0.668. The van der Waals surface area contributed by atoms with E-state index in [-0.39, 0.29) is 0 Å². The lowest BCUT2D eigenvalue weighted by molar-refractivity contribution is 0.262. The lowest BCUT2D eigenvalue weighted by atomic mass is 9.86. The predicted octanol–water partition coefficient (Wildman–Crippen LogP) is 6.31. The molecule has 0 radical (unpaired) electrons. The monoisotopic (exact) mass is 363 g/mol. The Labute approximate surface area is 162 Å². The third kappa shape index (κ3) is 4.28. The van der Waals surface area contributed by atoms with Crippen molar-refractivity contribution in [1.82, 2.24) is 4.90 Å². The first-order valence-electron chi connectivity index (χ1n) is 9.71. The van der Waals surface area contributed by atoms with E-state index in [2.05, 4.69) is 59.5 Å². The summed E-state index contributed by atoms with van der Waals surface area (Å²) in [5, 5.41) is 0.816. The first kappa shape index (κ1) is 17.6. The van der Waals surface area contributed by atoms with Gasteiger partial charge in [0.15, 0.2) is 0 Å². The highest BCUT2D eigenvalue weighted by molar-refractivity contribution is 6.30. The lowest BCUT2D eigenvalue weighted by Gasteiger charge is -2.31. The van der Waals surface area contributed by atoms with Crippen molar-refractivity contribution < 1.29 is 0 Å². The Balaban J connectivity index is 1.39. The molecular formula is C24H26ClN. The van der Waals surface area contributed by atoms with E-state index in [0.717, 1.165) is 18.0 Å². The smallest absolute Gasteiger partial charge is 0.0406 e. The van der Waals surface area contributed by atoms with Crippen LogP contribution in [0.3, 0.4) is 0 Å². The zero-order valence-electron chi connectivity index (χ0n) is 15.2. The van der Waals surface area contributed by atoms with E-state index in [9.17, 15) is 0 Å². The first-order chi connectivity index (χ1) is 12.8. The Hall–Kier alpha value is -1.83. The van der Waals surface area contributed by atoms with Gasteiger partial charge in [-0.15, -0.1) is 0 Å². The molecule has 1 nitrogen and oxygen atoms in total. The normalized spacial score (nSPS) is 21.2. The van der Waals surface area contributed by atoms with Crippen LogP contribution >= 0.6 is 11.6 Å². The summed E-state index contributed by atoms with van der Waals surface area (Å²) in [6.07, 6.45) is 9.89. The number of halogens is 1. The van der Waals surface area contributed by atoms with E-state index in [1.54, 1.807) is 0 Å². The minimum atomic E-state index is 0.668. The molecule has 0 spiro atoms. The molecule has 1 unspecified atom stereocenters. The Kier molecular flexibility index (Phi) is 5.57. The lowest BCUT2D eigenvalue weighted by Crippen LogP contribution is -2.33. The average molecular weight is 364 g/mol. The fraction of sp³-hybridized carbons (Fsp3) is 0.333. The predicted molar refractivity (Wildman–Crippen MR) is 112 cm³/mol. The molecule has 1 aliphatic heterocycles. The largest absolute Gasteiger partial charge is 0.299 e. The van der Waals surface area contributed by atoms with E-state index < -0.39 is 0 Å². The summed E-state index contributed by atoms with van der Waals surface area (Å²) in [6.45, 7) is 3.42. The molecule has 2 aromatic carbocycles. The Morgan fingerprint density at radius 3 is 2.38 bits per heavy atom. The molecular weight excluding hydrogens is 338 g/mol. The molecule has 0 amide bonds. The maximum atomic E-state index is 6.03. The highest BCUT2D eigenvalue weighted by Crippen LogP contribution is 2.32. The molecule has 134 valence electrons. The number of hydrogen-bond acceptors (Lipinski definition) is 1. The van der Waals surface area contributed by atoms with Crippen molar-refractivity contribution in [2.75, 3.05) is 19.6 Å². The Morgan fingerprint density at radius 1 is 0.885 bits per heavy atom. The van der Waals surface area contributed by atoms with Crippen LogP contribution in [-0.4, -0.2) is 24.5 Å². The molecule has 1 aliphatic carbocycles. The molecule has 2 aromatic rings. The van der Waals surface area contributed by atoms with Crippen molar-refractivity contribution >= 4 is 22.7 Å². The quantitative estimate of drug-likeness (QED) is 0.615. The molecule has 1 heterocycles. The SMILES string of the molecule is Clc1ccc(C2=CC(CN3CC=C(c4ccccc4)CC3)CCC2)cc1. The zero-order chi connectivity index (χ0) is 17.8. The summed E-state index contributed by atoms with van der Waals surface area (Å²) < 4.78 is 0. The van der Waals surface area contributed by atoms with Gasteiger partial charge in [-0.3, -0.25) is 4.90 Å². The van der Waals surface area contributed by atoms with Gasteiger partial charge in [-0.25, -0.2) is 0 Å². The van der Waals surface area contributed by atoms with Gasteiger partial charge < -0.3 is 0 Å². The van der Waals surface area contributed by atoms with Crippen LogP contribution in [0.15, 0.2) is 66.7 Å². The van der Waals surface area contributed by atoms with Gasteiger partial charge in [0.05, 0.1) is 0 Å². The van der Waals surface area contributed by atoms with Crippen molar-refractivity contribution in [3.05, 3.63) is 82.9 Å². The van der Waals surface area contributed by atoms with Crippen LogP contribution in [0.1, 0.15) is 36.8 Å². The summed E-state index contributed by atoms with van der Waals surface area (Å²) >= 11 is 6.03. The molecule has 0 aromatic heterocycles. The van der Waals surface area contributed by atoms with Gasteiger partial charge in [-0.2, -0.15) is 0 Å². The Morgan fingerprint density at radius 2 is 1.65 bits per heavy atom. The molecule has 0 fully saturated rings. The molecule has 0 bridgehead atoms. The number of nitrogens with zero attached hydrogens (tertiary/aromatic N) is 1. The van der Waals surface area contributed by atoms with Crippen LogP contribution in [-0.2, 0) is 0 Å². The highest BCUT2D eigenvalue weighted by atomic mass is 35.5. The van der Waals surface area contributed by atoms with Crippen LogP contribution in [0.25, 0.3) is 11.1 Å². The van der Waals surface area contributed by atoms with E-state index >= 15 is 0 Å². The molecule has 0 N–H and O–H groups in total. The summed E-state index contributed by atoms with van der Waals surface area (Å²) in [5.74, 6) is 0.668. The number of rotatable bonds is 4. The molecule has 2 heteroatoms. The van der Waals surface area contributed by atoms with Crippen LogP contribution in [0.2, 0.25) is 5.02 Å². The number of hydrogen-bond donors (Lipinski definition) is 0. The summed E-state index contributed by atoms with van der Waals surface area (Å²) in [4.78, 5) is 2.61. The first-order valence-corrected chi connectivity index (χ1v) is 10.1. The van der Waals surface area contributed by atoms with Gasteiger partial charge in [0, 0.05) is 24.7 Å². The molecule has 2 aliphatic rings. The van der Waals surface area contributed by atoms with E-state index in [4.69, 9.17) is 11.6 Å². The highest BCUT2D eigenvalue weighted by Gasteiger charge is 2.19. The molecule has 26 heavy (non-hydrogen) atoms. The van der Waals surface area contributed by atoms with Gasteiger partial charge in [0.2, 0.25) is 0 Å². The van der Waals surface area contributed by atoms with Crippen LogP contribution in [0, 0.1) is 5.92 Å². The van der Waals surface area contributed by atoms with E-state index in [0.29, 0.717) is 5.92 Å². The maximum Gasteiger partial charge on any atom is 0.0406 e. The molecule has 4 rings (SSSR count). The van der Waals surface area contributed by atoms with E-state index in [1.807, 2.05) is 12.1 Å². The summed E-state index contributed by atoms with van der Waals surface area (Å²) in [5.41, 5.74) is 5.72. The average Bonchev–Trinajstić information content (AvgIpc) is 2.70. The van der Waals surface area contributed by atoms with Crippen molar-refractivity contribution in [3.63, 3.8) is 0 Å². The van der Waals surface area contributed by atoms with Gasteiger partial charge in [-0.1, -0.05) is 66.2 Å². The third-order valence-corrected chi connectivity index (χ3v) is 5.86. The van der Waals surface area contributed by atoms with E-state index in [1.165, 1.54) is 54.6 Å². The zero-order valence-corrected chi connectivity index (χ0v) is 16.0. The molecule has 0 saturated heterocycles. The number of allylic oxidation sites excluding steroid dienone is 1. The van der Waals surface area contributed by atoms with Crippen molar-refractivity contribution in [2.24, 2.45) is 5.92 Å². The fourth-order valence-electron chi connectivity index (χ4n) is 4.18. The van der Waals surface area contributed by atoms with Gasteiger partial charge in [0.25, 0.3) is 0 Å². The second-order valence-electron chi connectivity index (χ2n) is 7.46. The van der Waals surface area contributed by atoms with Crippen molar-refractivity contribution in [2.45, 2.75) is 25.7 Å². The van der Waals surface area contributed by atoms with Crippen molar-refractivity contribution in [3.8, 4) is 0 Å². The molecule has 1 atom stereocenters. The summed E-state index contributed by atoms with van der Waals surface area (Å²) in [7, 11) is 0. The van der Waals surface area contributed by atoms with Gasteiger partial charge in [-0.05, 0) is 66.0 Å². The fourth-order valence-corrected chi connectivity index (χ4v) is 4.30. The van der Waals surface area contributed by atoms with Crippen LogP contribution in [0.5, 0.6) is 0 Å². The van der Waals surface area contributed by atoms with Crippen molar-refractivity contribution in [1.29, 1.82) is 0 Å². The third-order valence-electron chi connectivity index (χ3n) is 5.60. The second kappa shape index (κ2) is 8.24. The summed E-state index contributed by atoms with van der Waals surface area (Å²) in [6, 6.07) is 19.1.